The molecular formula is C19H21FN6. The molecule has 2 aromatic heterocycles. The largest absolute Gasteiger partial charge is 0.356 e. The smallest absolute Gasteiger partial charge is 0.191 e. The van der Waals surface area contributed by atoms with Crippen molar-refractivity contribution >= 4 is 5.96 Å². The number of guanidine groups is 1. The van der Waals surface area contributed by atoms with Crippen LogP contribution in [0.3, 0.4) is 0 Å². The first-order chi connectivity index (χ1) is 12.8. The van der Waals surface area contributed by atoms with Crippen molar-refractivity contribution in [2.45, 2.75) is 13.0 Å². The molecule has 0 spiro atoms. The number of rotatable bonds is 6. The van der Waals surface area contributed by atoms with Crippen LogP contribution in [0.25, 0.3) is 5.82 Å². The number of hydrogen-bond donors (Lipinski definition) is 2. The van der Waals surface area contributed by atoms with Crippen LogP contribution in [-0.4, -0.2) is 34.1 Å². The minimum atomic E-state index is -0.179. The molecule has 0 radical (unpaired) electrons. The summed E-state index contributed by atoms with van der Waals surface area (Å²) in [6, 6.07) is 10.7. The fourth-order valence-corrected chi connectivity index (χ4v) is 2.49. The third-order valence-corrected chi connectivity index (χ3v) is 3.91. The lowest BCUT2D eigenvalue weighted by Gasteiger charge is -2.12. The van der Waals surface area contributed by atoms with E-state index in [0.717, 1.165) is 11.4 Å². The maximum absolute atomic E-state index is 13.6. The Labute approximate surface area is 151 Å². The zero-order chi connectivity index (χ0) is 18.2. The molecule has 2 heterocycles. The zero-order valence-corrected chi connectivity index (χ0v) is 14.6. The van der Waals surface area contributed by atoms with Crippen molar-refractivity contribution < 1.29 is 4.39 Å². The number of hydrogen-bond acceptors (Lipinski definition) is 3. The number of aliphatic imine (C=N–C) groups is 1. The average molecular weight is 352 g/mol. The molecule has 0 unspecified atom stereocenters. The van der Waals surface area contributed by atoms with Crippen LogP contribution in [0.2, 0.25) is 0 Å². The van der Waals surface area contributed by atoms with Gasteiger partial charge in [0.2, 0.25) is 0 Å². The van der Waals surface area contributed by atoms with E-state index in [1.54, 1.807) is 31.7 Å². The molecule has 1 aromatic carbocycles. The summed E-state index contributed by atoms with van der Waals surface area (Å²) in [6.07, 6.45) is 7.68. The quantitative estimate of drug-likeness (QED) is 0.528. The first-order valence-electron chi connectivity index (χ1n) is 8.37. The van der Waals surface area contributed by atoms with Crippen molar-refractivity contribution in [2.75, 3.05) is 13.6 Å². The molecule has 0 saturated carbocycles. The number of nitrogens with one attached hydrogen (secondary N) is 2. The highest BCUT2D eigenvalue weighted by Crippen LogP contribution is 2.06. The third-order valence-electron chi connectivity index (χ3n) is 3.91. The van der Waals surface area contributed by atoms with Gasteiger partial charge in [-0.2, -0.15) is 0 Å². The highest BCUT2D eigenvalue weighted by molar-refractivity contribution is 5.79. The molecule has 26 heavy (non-hydrogen) atoms. The fraction of sp³-hybridized carbons (Fsp3) is 0.211. The van der Waals surface area contributed by atoms with Gasteiger partial charge in [-0.05, 0) is 29.7 Å². The number of aromatic nitrogens is 3. The summed E-state index contributed by atoms with van der Waals surface area (Å²) in [5.41, 5.74) is 1.72. The van der Waals surface area contributed by atoms with Gasteiger partial charge in [-0.25, -0.2) is 14.4 Å². The monoisotopic (exact) mass is 352 g/mol. The zero-order valence-electron chi connectivity index (χ0n) is 14.6. The first kappa shape index (κ1) is 17.6. The highest BCUT2D eigenvalue weighted by Gasteiger charge is 2.03. The maximum atomic E-state index is 13.6. The fourth-order valence-electron chi connectivity index (χ4n) is 2.49. The molecule has 0 atom stereocenters. The number of pyridine rings is 1. The average Bonchev–Trinajstić information content (AvgIpc) is 3.21. The molecule has 0 aliphatic carbocycles. The summed E-state index contributed by atoms with van der Waals surface area (Å²) in [4.78, 5) is 12.6. The normalized spacial score (nSPS) is 11.4. The van der Waals surface area contributed by atoms with Gasteiger partial charge < -0.3 is 10.6 Å². The van der Waals surface area contributed by atoms with Crippen LogP contribution < -0.4 is 10.6 Å². The van der Waals surface area contributed by atoms with E-state index in [2.05, 4.69) is 25.6 Å². The van der Waals surface area contributed by atoms with Crippen molar-refractivity contribution in [3.8, 4) is 5.82 Å². The number of halogens is 1. The summed E-state index contributed by atoms with van der Waals surface area (Å²) in [6.45, 7) is 1.19. The Kier molecular flexibility index (Phi) is 5.92. The van der Waals surface area contributed by atoms with Gasteiger partial charge >= 0.3 is 0 Å². The molecule has 0 aliphatic heterocycles. The van der Waals surface area contributed by atoms with Gasteiger partial charge in [-0.15, -0.1) is 0 Å². The van der Waals surface area contributed by atoms with Crippen LogP contribution in [0.1, 0.15) is 11.1 Å². The molecule has 0 saturated heterocycles. The Hall–Kier alpha value is -3.22. The summed E-state index contributed by atoms with van der Waals surface area (Å²) >= 11 is 0. The SMILES string of the molecule is CN=C(NCCc1ccccc1F)NCc1ccc(-n2ccnc2)nc1. The van der Waals surface area contributed by atoms with Gasteiger partial charge in [0.15, 0.2) is 5.96 Å². The van der Waals surface area contributed by atoms with Gasteiger partial charge in [0.1, 0.15) is 18.0 Å². The van der Waals surface area contributed by atoms with Gasteiger partial charge in [0.25, 0.3) is 0 Å². The van der Waals surface area contributed by atoms with Crippen LogP contribution in [0, 0.1) is 5.82 Å². The number of benzene rings is 1. The van der Waals surface area contributed by atoms with E-state index in [9.17, 15) is 4.39 Å². The minimum Gasteiger partial charge on any atom is -0.356 e. The van der Waals surface area contributed by atoms with E-state index in [0.29, 0.717) is 31.0 Å². The molecule has 0 bridgehead atoms. The minimum absolute atomic E-state index is 0.179. The Morgan fingerprint density at radius 3 is 2.77 bits per heavy atom. The standard InChI is InChI=1S/C19H21FN6/c1-21-19(23-9-8-16-4-2-3-5-17(16)20)25-13-15-6-7-18(24-12-15)26-11-10-22-14-26/h2-7,10-12,14H,8-9,13H2,1H3,(H2,21,23,25). The predicted octanol–water partition coefficient (Wildman–Crippen LogP) is 2.31. The molecule has 3 rings (SSSR count). The van der Waals surface area contributed by atoms with Gasteiger partial charge in [0, 0.05) is 38.7 Å². The molecule has 134 valence electrons. The van der Waals surface area contributed by atoms with Crippen LogP contribution in [-0.2, 0) is 13.0 Å². The maximum Gasteiger partial charge on any atom is 0.191 e. The van der Waals surface area contributed by atoms with Gasteiger partial charge in [0.05, 0.1) is 0 Å². The molecule has 3 aromatic rings. The van der Waals surface area contributed by atoms with Crippen LogP contribution in [0.5, 0.6) is 0 Å². The lowest BCUT2D eigenvalue weighted by Crippen LogP contribution is -2.37. The Morgan fingerprint density at radius 1 is 1.19 bits per heavy atom. The Balaban J connectivity index is 1.47. The summed E-state index contributed by atoms with van der Waals surface area (Å²) < 4.78 is 15.5. The van der Waals surface area contributed by atoms with Crippen LogP contribution in [0.4, 0.5) is 4.39 Å². The number of nitrogens with zero attached hydrogens (tertiary/aromatic N) is 4. The molecule has 7 heteroatoms. The van der Waals surface area contributed by atoms with Crippen molar-refractivity contribution in [3.63, 3.8) is 0 Å². The van der Waals surface area contributed by atoms with Crippen molar-refractivity contribution in [1.29, 1.82) is 0 Å². The van der Waals surface area contributed by atoms with Crippen molar-refractivity contribution in [3.05, 3.63) is 78.3 Å². The predicted molar refractivity (Wildman–Crippen MR) is 99.7 cm³/mol. The van der Waals surface area contributed by atoms with Gasteiger partial charge in [-0.1, -0.05) is 24.3 Å². The molecular weight excluding hydrogens is 331 g/mol. The topological polar surface area (TPSA) is 67.1 Å². The molecule has 2 N–H and O–H groups in total. The van der Waals surface area contributed by atoms with E-state index in [1.165, 1.54) is 6.07 Å². The van der Waals surface area contributed by atoms with Crippen LogP contribution >= 0.6 is 0 Å². The Morgan fingerprint density at radius 2 is 2.08 bits per heavy atom. The van der Waals surface area contributed by atoms with E-state index < -0.39 is 0 Å². The van der Waals surface area contributed by atoms with E-state index in [4.69, 9.17) is 0 Å². The van der Waals surface area contributed by atoms with Crippen LogP contribution in [0.15, 0.2) is 66.3 Å². The highest BCUT2D eigenvalue weighted by atomic mass is 19.1. The summed E-state index contributed by atoms with van der Waals surface area (Å²) in [7, 11) is 1.71. The van der Waals surface area contributed by atoms with Gasteiger partial charge in [-0.3, -0.25) is 9.56 Å². The van der Waals surface area contributed by atoms with E-state index in [-0.39, 0.29) is 5.82 Å². The second kappa shape index (κ2) is 8.75. The van der Waals surface area contributed by atoms with Crippen molar-refractivity contribution in [1.82, 2.24) is 25.2 Å². The molecule has 0 aliphatic rings. The number of imidazole rings is 1. The second-order valence-electron chi connectivity index (χ2n) is 5.69. The molecule has 6 nitrogen and oxygen atoms in total. The summed E-state index contributed by atoms with van der Waals surface area (Å²) in [5.74, 6) is 1.31. The molecule has 0 amide bonds. The summed E-state index contributed by atoms with van der Waals surface area (Å²) in [5, 5.41) is 6.42. The first-order valence-corrected chi connectivity index (χ1v) is 8.37. The van der Waals surface area contributed by atoms with Crippen molar-refractivity contribution in [2.24, 2.45) is 4.99 Å². The lowest BCUT2D eigenvalue weighted by atomic mass is 10.1. The molecule has 0 fully saturated rings. The second-order valence-corrected chi connectivity index (χ2v) is 5.69. The lowest BCUT2D eigenvalue weighted by molar-refractivity contribution is 0.606. The van der Waals surface area contributed by atoms with E-state index >= 15 is 0 Å². The Bertz CT molecular complexity index is 843. The van der Waals surface area contributed by atoms with E-state index in [1.807, 2.05) is 35.2 Å². The third kappa shape index (κ3) is 4.66.